The van der Waals surface area contributed by atoms with Crippen LogP contribution in [0.1, 0.15) is 62.1 Å². The molecule has 294 valence electrons. The van der Waals surface area contributed by atoms with Crippen LogP contribution in [0.2, 0.25) is 0 Å². The van der Waals surface area contributed by atoms with Gasteiger partial charge in [-0.2, -0.15) is 13.2 Å². The molecule has 1 spiro atoms. The van der Waals surface area contributed by atoms with Gasteiger partial charge in [0.05, 0.1) is 31.3 Å². The van der Waals surface area contributed by atoms with Crippen LogP contribution < -0.4 is 9.47 Å². The zero-order chi connectivity index (χ0) is 39.3. The number of halogens is 3. The lowest BCUT2D eigenvalue weighted by Gasteiger charge is -2.40. The number of nitrogens with zero attached hydrogens (tertiary/aromatic N) is 1. The summed E-state index contributed by atoms with van der Waals surface area (Å²) in [5.41, 5.74) is -8.35. The van der Waals surface area contributed by atoms with E-state index >= 15 is 0 Å². The molecule has 3 aliphatic heterocycles. The summed E-state index contributed by atoms with van der Waals surface area (Å²) in [4.78, 5) is 44.2. The van der Waals surface area contributed by atoms with Crippen LogP contribution in [-0.2, 0) is 50.1 Å². The van der Waals surface area contributed by atoms with E-state index in [0.717, 1.165) is 43.3 Å². The van der Waals surface area contributed by atoms with E-state index in [1.54, 1.807) is 0 Å². The number of fused-ring (bicyclic) bond motifs is 3. The highest BCUT2D eigenvalue weighted by Crippen LogP contribution is 2.56. The molecule has 0 amide bonds. The molecule has 4 aliphatic rings. The largest absolute Gasteiger partial charge is 0.497 e. The highest BCUT2D eigenvalue weighted by molar-refractivity contribution is 5.92. The van der Waals surface area contributed by atoms with Gasteiger partial charge >= 0.3 is 24.1 Å². The highest BCUT2D eigenvalue weighted by atomic mass is 19.4. The Kier molecular flexibility index (Phi) is 10.5. The van der Waals surface area contributed by atoms with Gasteiger partial charge in [0.15, 0.2) is 17.6 Å². The summed E-state index contributed by atoms with van der Waals surface area (Å²) in [6.45, 7) is 4.09. The van der Waals surface area contributed by atoms with Gasteiger partial charge in [0.1, 0.15) is 5.76 Å². The van der Waals surface area contributed by atoms with Crippen molar-refractivity contribution in [1.29, 1.82) is 0 Å². The van der Waals surface area contributed by atoms with Crippen LogP contribution in [-0.4, -0.2) is 109 Å². The Bertz CT molecular complexity index is 1800. The monoisotopic (exact) mass is 763 g/mol. The smallest absolute Gasteiger partial charge is 0.432 e. The van der Waals surface area contributed by atoms with Crippen molar-refractivity contribution in [2.24, 2.45) is 0 Å². The van der Waals surface area contributed by atoms with Gasteiger partial charge < -0.3 is 43.4 Å². The lowest BCUT2D eigenvalue weighted by Crippen LogP contribution is -2.60. The normalized spacial score (nSPS) is 24.7. The number of carbonyl (C=O) groups excluding carboxylic acids is 3. The second-order valence-corrected chi connectivity index (χ2v) is 14.6. The van der Waals surface area contributed by atoms with Gasteiger partial charge in [-0.3, -0.25) is 4.90 Å². The predicted octanol–water partition coefficient (Wildman–Crippen LogP) is 3.82. The first-order valence-electron chi connectivity index (χ1n) is 17.5. The lowest BCUT2D eigenvalue weighted by atomic mass is 9.77. The predicted molar refractivity (Wildman–Crippen MR) is 181 cm³/mol. The molecule has 1 saturated heterocycles. The van der Waals surface area contributed by atoms with Crippen LogP contribution in [0.5, 0.6) is 11.5 Å². The summed E-state index contributed by atoms with van der Waals surface area (Å²) < 4.78 is 82.8. The number of rotatable bonds is 12. The lowest BCUT2D eigenvalue weighted by molar-refractivity contribution is -0.281. The topological polar surface area (TPSA) is 160 Å². The van der Waals surface area contributed by atoms with Crippen LogP contribution in [0.15, 0.2) is 54.3 Å². The summed E-state index contributed by atoms with van der Waals surface area (Å²) in [5, 5.41) is 23.0. The quantitative estimate of drug-likeness (QED) is 0.238. The van der Waals surface area contributed by atoms with Gasteiger partial charge in [0.25, 0.3) is 5.60 Å². The van der Waals surface area contributed by atoms with Crippen molar-refractivity contribution in [3.63, 3.8) is 0 Å². The Morgan fingerprint density at radius 1 is 0.981 bits per heavy atom. The Hall–Kier alpha value is -4.38. The third-order valence-electron chi connectivity index (χ3n) is 10.9. The molecule has 0 radical (unpaired) electrons. The maximum Gasteiger partial charge on any atom is 0.432 e. The highest BCUT2D eigenvalue weighted by Gasteiger charge is 2.66. The Morgan fingerprint density at radius 3 is 2.28 bits per heavy atom. The maximum atomic E-state index is 14.9. The molecule has 54 heavy (non-hydrogen) atoms. The van der Waals surface area contributed by atoms with Crippen LogP contribution >= 0.6 is 0 Å². The zero-order valence-electron chi connectivity index (χ0n) is 30.6. The molecule has 6 rings (SSSR count). The van der Waals surface area contributed by atoms with Crippen molar-refractivity contribution in [2.45, 2.75) is 92.6 Å². The molecule has 2 aromatic carbocycles. The molecule has 0 unspecified atom stereocenters. The average molecular weight is 764 g/mol. The molecule has 2 aromatic rings. The van der Waals surface area contributed by atoms with E-state index in [1.165, 1.54) is 39.2 Å². The van der Waals surface area contributed by atoms with E-state index in [1.807, 2.05) is 18.2 Å². The van der Waals surface area contributed by atoms with Gasteiger partial charge in [0.2, 0.25) is 18.5 Å². The van der Waals surface area contributed by atoms with Crippen LogP contribution in [0.25, 0.3) is 0 Å². The Morgan fingerprint density at radius 2 is 1.67 bits per heavy atom. The fraction of sp³-hybridized carbons (Fsp3) is 0.553. The first-order chi connectivity index (χ1) is 25.5. The summed E-state index contributed by atoms with van der Waals surface area (Å²) in [7, 11) is 2.85. The number of benzene rings is 2. The number of ether oxygens (including phenoxy) is 7. The molecule has 1 aliphatic carbocycles. The van der Waals surface area contributed by atoms with Crippen molar-refractivity contribution < 1.29 is 70.9 Å². The molecule has 3 heterocycles. The zero-order valence-corrected chi connectivity index (χ0v) is 30.6. The van der Waals surface area contributed by atoms with E-state index < -0.39 is 83.0 Å². The summed E-state index contributed by atoms with van der Waals surface area (Å²) in [6.07, 6.45) is -6.72. The van der Waals surface area contributed by atoms with Crippen molar-refractivity contribution in [3.8, 4) is 11.5 Å². The number of hydrogen-bond donors (Lipinski definition) is 2. The summed E-state index contributed by atoms with van der Waals surface area (Å²) in [5.74, 6) is -4.66. The fourth-order valence-corrected chi connectivity index (χ4v) is 8.17. The third kappa shape index (κ3) is 6.56. The van der Waals surface area contributed by atoms with Crippen molar-refractivity contribution in [2.75, 3.05) is 41.2 Å². The average Bonchev–Trinajstić information content (AvgIpc) is 3.82. The second kappa shape index (κ2) is 14.4. The number of esters is 3. The van der Waals surface area contributed by atoms with Crippen molar-refractivity contribution in [1.82, 2.24) is 4.90 Å². The minimum atomic E-state index is -5.46. The van der Waals surface area contributed by atoms with Crippen molar-refractivity contribution >= 4 is 17.9 Å². The molecule has 0 aromatic heterocycles. The minimum absolute atomic E-state index is 0.0188. The van der Waals surface area contributed by atoms with Crippen LogP contribution in [0.3, 0.4) is 0 Å². The molecule has 6 atom stereocenters. The first-order valence-corrected chi connectivity index (χ1v) is 17.5. The number of hydrogen-bond acceptors (Lipinski definition) is 13. The Balaban J connectivity index is 1.43. The number of carbonyl (C=O) groups is 3. The first kappa shape index (κ1) is 39.3. The van der Waals surface area contributed by atoms with E-state index in [2.05, 4.69) is 4.90 Å². The number of alkyl halides is 3. The van der Waals surface area contributed by atoms with Gasteiger partial charge in [-0.05, 0) is 81.8 Å². The minimum Gasteiger partial charge on any atom is -0.497 e. The third-order valence-corrected chi connectivity index (χ3v) is 10.9. The van der Waals surface area contributed by atoms with Crippen LogP contribution in [0.4, 0.5) is 13.2 Å². The van der Waals surface area contributed by atoms with E-state index in [9.17, 15) is 37.8 Å². The molecule has 13 nitrogen and oxygen atoms in total. The second-order valence-electron chi connectivity index (χ2n) is 14.6. The van der Waals surface area contributed by atoms with Gasteiger partial charge in [-0.1, -0.05) is 30.3 Å². The van der Waals surface area contributed by atoms with Gasteiger partial charge in [-0.15, -0.1) is 0 Å². The number of aliphatic hydroxyl groups is 2. The molecule has 16 heteroatoms. The molecular weight excluding hydrogens is 719 g/mol. The SMILES string of the molecule is COC(=O)[C@H](OC(=O)[C@](OC)(c1ccccc1)C(F)(F)F)[C@](O)(CCC(C)(C)O)C(=O)O[C@@H]1C(OC)=C[C@]23CCCN2CCc2cc4c(cc2[C@H]13)OCO4. The van der Waals surface area contributed by atoms with E-state index in [4.69, 9.17) is 33.2 Å². The Labute approximate surface area is 309 Å². The van der Waals surface area contributed by atoms with Crippen molar-refractivity contribution in [3.05, 3.63) is 71.0 Å². The van der Waals surface area contributed by atoms with E-state index in [-0.39, 0.29) is 12.6 Å². The van der Waals surface area contributed by atoms with Crippen LogP contribution in [0, 0.1) is 0 Å². The molecule has 0 saturated carbocycles. The number of methoxy groups -OCH3 is 3. The summed E-state index contributed by atoms with van der Waals surface area (Å²) >= 11 is 0. The molecule has 1 fully saturated rings. The molecular formula is C38H44F3NO12. The van der Waals surface area contributed by atoms with Gasteiger partial charge in [-0.25, -0.2) is 14.4 Å². The van der Waals surface area contributed by atoms with E-state index in [0.29, 0.717) is 38.0 Å². The molecule has 2 N–H and O–H groups in total. The summed E-state index contributed by atoms with van der Waals surface area (Å²) in [6, 6.07) is 9.52. The maximum absolute atomic E-state index is 14.9. The standard InChI is InChI=1S/C38H44F3NO12/c1-34(2,46)14-15-36(47,30(31(43)49-4)54-33(45)37(50-5,38(39,40)41)23-10-7-6-8-11-23)32(44)53-29-27(48-3)20-35-13-9-16-42(35)17-12-22-18-25-26(52-21-51-25)19-24(22)28(29)35/h6-8,10-11,18-20,28-30,46-47H,9,12-17,21H2,1-5H3/t28-,29-,30+,35+,36-,37-/m1/s1. The molecule has 0 bridgehead atoms. The van der Waals surface area contributed by atoms with Gasteiger partial charge in [0, 0.05) is 19.2 Å². The fourth-order valence-electron chi connectivity index (χ4n) is 8.17.